The predicted molar refractivity (Wildman–Crippen MR) is 74.9 cm³/mol. The molecule has 0 saturated carbocycles. The Labute approximate surface area is 112 Å². The molecule has 0 aliphatic heterocycles. The summed E-state index contributed by atoms with van der Waals surface area (Å²) in [7, 11) is 0. The highest BCUT2D eigenvalue weighted by atomic mass is 16.3. The number of aliphatic hydroxyl groups excluding tert-OH is 1. The average molecular weight is 258 g/mol. The highest BCUT2D eigenvalue weighted by Crippen LogP contribution is 2.15. The molecular formula is C15H18N2O2. The zero-order chi connectivity index (χ0) is 13.9. The van der Waals surface area contributed by atoms with Gasteiger partial charge in [-0.2, -0.15) is 0 Å². The van der Waals surface area contributed by atoms with Gasteiger partial charge in [-0.1, -0.05) is 19.9 Å². The van der Waals surface area contributed by atoms with Crippen molar-refractivity contribution in [3.05, 3.63) is 42.2 Å². The number of benzene rings is 1. The lowest BCUT2D eigenvalue weighted by Gasteiger charge is -2.21. The van der Waals surface area contributed by atoms with E-state index < -0.39 is 0 Å². The Kier molecular flexibility index (Phi) is 3.81. The van der Waals surface area contributed by atoms with E-state index in [4.69, 9.17) is 5.11 Å². The molecule has 1 heterocycles. The van der Waals surface area contributed by atoms with E-state index in [-0.39, 0.29) is 17.9 Å². The molecule has 0 aliphatic rings. The minimum atomic E-state index is -0.309. The third-order valence-electron chi connectivity index (χ3n) is 3.06. The van der Waals surface area contributed by atoms with Crippen LogP contribution in [0.1, 0.15) is 24.2 Å². The number of rotatable bonds is 4. The van der Waals surface area contributed by atoms with E-state index in [1.165, 1.54) is 0 Å². The number of nitrogens with zero attached hydrogens (tertiary/aromatic N) is 1. The van der Waals surface area contributed by atoms with Gasteiger partial charge in [-0.15, -0.1) is 0 Å². The maximum atomic E-state index is 12.0. The third-order valence-corrected chi connectivity index (χ3v) is 3.06. The number of nitrogens with one attached hydrogen (secondary N) is 1. The molecule has 4 heteroatoms. The summed E-state index contributed by atoms with van der Waals surface area (Å²) >= 11 is 0. The number of carbonyl (C=O) groups excluding carboxylic acids is 1. The van der Waals surface area contributed by atoms with E-state index in [1.54, 1.807) is 18.5 Å². The summed E-state index contributed by atoms with van der Waals surface area (Å²) in [5.41, 5.74) is 0.309. The minimum absolute atomic E-state index is 0.0384. The van der Waals surface area contributed by atoms with Crippen LogP contribution in [0.3, 0.4) is 0 Å². The van der Waals surface area contributed by atoms with Crippen LogP contribution in [0.25, 0.3) is 10.8 Å². The highest BCUT2D eigenvalue weighted by molar-refractivity contribution is 5.98. The molecule has 100 valence electrons. The van der Waals surface area contributed by atoms with E-state index in [9.17, 15) is 4.79 Å². The molecule has 0 aliphatic carbocycles. The fourth-order valence-electron chi connectivity index (χ4n) is 1.70. The molecule has 0 atom stereocenters. The fourth-order valence-corrected chi connectivity index (χ4v) is 1.70. The van der Waals surface area contributed by atoms with Gasteiger partial charge in [0.1, 0.15) is 0 Å². The Morgan fingerprint density at radius 1 is 1.32 bits per heavy atom. The molecular weight excluding hydrogens is 240 g/mol. The summed E-state index contributed by atoms with van der Waals surface area (Å²) in [6, 6.07) is 7.39. The second-order valence-electron chi connectivity index (χ2n) is 5.44. The normalized spacial score (nSPS) is 11.5. The molecule has 0 radical (unpaired) electrons. The Balaban J connectivity index is 2.13. The van der Waals surface area contributed by atoms with Gasteiger partial charge in [-0.3, -0.25) is 9.78 Å². The summed E-state index contributed by atoms with van der Waals surface area (Å²) in [5.74, 6) is -0.125. The number of aliphatic hydroxyl groups is 1. The van der Waals surface area contributed by atoms with Crippen molar-refractivity contribution >= 4 is 16.7 Å². The number of carbonyl (C=O) groups is 1. The Morgan fingerprint density at radius 2 is 2.11 bits per heavy atom. The molecule has 1 amide bonds. The van der Waals surface area contributed by atoms with Crippen molar-refractivity contribution in [3.63, 3.8) is 0 Å². The molecule has 1 aromatic carbocycles. The smallest absolute Gasteiger partial charge is 0.251 e. The molecule has 0 spiro atoms. The Morgan fingerprint density at radius 3 is 2.84 bits per heavy atom. The zero-order valence-corrected chi connectivity index (χ0v) is 11.2. The summed E-state index contributed by atoms with van der Waals surface area (Å²) in [6.45, 7) is 4.28. The number of hydrogen-bond acceptors (Lipinski definition) is 3. The van der Waals surface area contributed by atoms with Crippen LogP contribution >= 0.6 is 0 Å². The van der Waals surface area contributed by atoms with E-state index in [0.717, 1.165) is 10.8 Å². The number of aromatic nitrogens is 1. The van der Waals surface area contributed by atoms with Crippen LogP contribution in [0.4, 0.5) is 0 Å². The van der Waals surface area contributed by atoms with Gasteiger partial charge in [0.15, 0.2) is 0 Å². The summed E-state index contributed by atoms with van der Waals surface area (Å²) in [4.78, 5) is 16.1. The molecule has 2 aromatic rings. The SMILES string of the molecule is CC(C)(CO)CNC(=O)c1ccc2cnccc2c1. The van der Waals surface area contributed by atoms with Gasteiger partial charge in [-0.25, -0.2) is 0 Å². The maximum Gasteiger partial charge on any atom is 0.251 e. The molecule has 0 fully saturated rings. The molecule has 0 bridgehead atoms. The molecule has 4 nitrogen and oxygen atoms in total. The van der Waals surface area contributed by atoms with Crippen LogP contribution in [0.15, 0.2) is 36.7 Å². The van der Waals surface area contributed by atoms with Crippen molar-refractivity contribution in [2.24, 2.45) is 5.41 Å². The standard InChI is InChI=1S/C15H18N2O2/c1-15(2,10-18)9-17-14(19)12-3-4-13-8-16-6-5-11(13)7-12/h3-8,18H,9-10H2,1-2H3,(H,17,19). The summed E-state index contributed by atoms with van der Waals surface area (Å²) in [5, 5.41) is 14.0. The number of amides is 1. The van der Waals surface area contributed by atoms with Crippen LogP contribution in [-0.4, -0.2) is 29.1 Å². The minimum Gasteiger partial charge on any atom is -0.396 e. The molecule has 19 heavy (non-hydrogen) atoms. The number of fused-ring (bicyclic) bond motifs is 1. The lowest BCUT2D eigenvalue weighted by molar-refractivity contribution is 0.0911. The quantitative estimate of drug-likeness (QED) is 0.881. The summed E-state index contributed by atoms with van der Waals surface area (Å²) in [6.07, 6.45) is 3.48. The van der Waals surface area contributed by atoms with Crippen molar-refractivity contribution in [2.45, 2.75) is 13.8 Å². The largest absolute Gasteiger partial charge is 0.396 e. The molecule has 0 unspecified atom stereocenters. The van der Waals surface area contributed by atoms with E-state index >= 15 is 0 Å². The Bertz CT molecular complexity index is 593. The molecule has 0 saturated heterocycles. The van der Waals surface area contributed by atoms with Crippen molar-refractivity contribution in [3.8, 4) is 0 Å². The van der Waals surface area contributed by atoms with Crippen molar-refractivity contribution in [1.82, 2.24) is 10.3 Å². The maximum absolute atomic E-state index is 12.0. The van der Waals surface area contributed by atoms with Gasteiger partial charge in [0, 0.05) is 41.9 Å². The summed E-state index contributed by atoms with van der Waals surface area (Å²) < 4.78 is 0. The molecule has 2 N–H and O–H groups in total. The molecule has 2 rings (SSSR count). The van der Waals surface area contributed by atoms with Gasteiger partial charge in [0.25, 0.3) is 5.91 Å². The van der Waals surface area contributed by atoms with Crippen LogP contribution < -0.4 is 5.32 Å². The van der Waals surface area contributed by atoms with Gasteiger partial charge >= 0.3 is 0 Å². The van der Waals surface area contributed by atoms with Crippen LogP contribution in [0.5, 0.6) is 0 Å². The first kappa shape index (κ1) is 13.5. The fraction of sp³-hybridized carbons (Fsp3) is 0.333. The van der Waals surface area contributed by atoms with Gasteiger partial charge < -0.3 is 10.4 Å². The number of pyridine rings is 1. The first-order valence-corrected chi connectivity index (χ1v) is 6.25. The van der Waals surface area contributed by atoms with Crippen LogP contribution in [0, 0.1) is 5.41 Å². The topological polar surface area (TPSA) is 62.2 Å². The second kappa shape index (κ2) is 5.36. The average Bonchev–Trinajstić information content (AvgIpc) is 2.44. The van der Waals surface area contributed by atoms with E-state index in [0.29, 0.717) is 12.1 Å². The number of hydrogen-bond donors (Lipinski definition) is 2. The van der Waals surface area contributed by atoms with Gasteiger partial charge in [0.2, 0.25) is 0 Å². The Hall–Kier alpha value is -1.94. The first-order valence-electron chi connectivity index (χ1n) is 6.25. The van der Waals surface area contributed by atoms with Crippen molar-refractivity contribution in [1.29, 1.82) is 0 Å². The lowest BCUT2D eigenvalue weighted by Crippen LogP contribution is -2.36. The first-order chi connectivity index (χ1) is 9.02. The lowest BCUT2D eigenvalue weighted by atomic mass is 9.95. The van der Waals surface area contributed by atoms with Crippen molar-refractivity contribution < 1.29 is 9.90 Å². The highest BCUT2D eigenvalue weighted by Gasteiger charge is 2.18. The predicted octanol–water partition coefficient (Wildman–Crippen LogP) is 1.98. The van der Waals surface area contributed by atoms with Gasteiger partial charge in [0.05, 0.1) is 0 Å². The third kappa shape index (κ3) is 3.29. The zero-order valence-electron chi connectivity index (χ0n) is 11.2. The second-order valence-corrected chi connectivity index (χ2v) is 5.44. The monoisotopic (exact) mass is 258 g/mol. The molecule has 1 aromatic heterocycles. The van der Waals surface area contributed by atoms with E-state index in [1.807, 2.05) is 32.0 Å². The van der Waals surface area contributed by atoms with Crippen LogP contribution in [-0.2, 0) is 0 Å². The van der Waals surface area contributed by atoms with Crippen molar-refractivity contribution in [2.75, 3.05) is 13.2 Å². The van der Waals surface area contributed by atoms with Crippen LogP contribution in [0.2, 0.25) is 0 Å². The van der Waals surface area contributed by atoms with E-state index in [2.05, 4.69) is 10.3 Å². The van der Waals surface area contributed by atoms with Gasteiger partial charge in [-0.05, 0) is 23.6 Å².